The summed E-state index contributed by atoms with van der Waals surface area (Å²) in [4.78, 5) is 0. The first kappa shape index (κ1) is 58.3. The summed E-state index contributed by atoms with van der Waals surface area (Å²) in [6, 6.07) is 0. The molecule has 0 saturated carbocycles. The molecule has 14 unspecified atom stereocenters. The van der Waals surface area contributed by atoms with E-state index >= 15 is 0 Å². The van der Waals surface area contributed by atoms with Crippen LogP contribution in [0.4, 0.5) is 0 Å². The fourth-order valence-electron chi connectivity index (χ4n) is 10.6. The minimum Gasteiger partial charge on any atom is -0.353 e. The van der Waals surface area contributed by atoms with Crippen LogP contribution >= 0.6 is 45.2 Å². The fraction of sp³-hybridized carbons (Fsp3) is 1.00. The number of halogens is 2. The normalized spacial score (nSPS) is 19.8. The predicted octanol–water partition coefficient (Wildman–Crippen LogP) is 18.3. The molecular formula is C52H104I2O3. The van der Waals surface area contributed by atoms with Gasteiger partial charge in [-0.15, -0.1) is 0 Å². The molecule has 0 bridgehead atoms. The minimum atomic E-state index is -0.156. The van der Waals surface area contributed by atoms with Crippen molar-refractivity contribution in [1.82, 2.24) is 0 Å². The zero-order chi connectivity index (χ0) is 43.2. The molecule has 5 heteroatoms. The molecule has 0 rings (SSSR count). The van der Waals surface area contributed by atoms with Gasteiger partial charge in [-0.3, -0.25) is 0 Å². The Morgan fingerprint density at radius 1 is 0.316 bits per heavy atom. The maximum Gasteiger partial charge on any atom is 0.160 e. The van der Waals surface area contributed by atoms with Crippen molar-refractivity contribution in [3.8, 4) is 0 Å². The van der Waals surface area contributed by atoms with E-state index in [4.69, 9.17) is 14.2 Å². The van der Waals surface area contributed by atoms with Crippen LogP contribution in [-0.2, 0) is 14.2 Å². The lowest BCUT2D eigenvalue weighted by atomic mass is 9.82. The molecule has 0 aliphatic rings. The summed E-state index contributed by atoms with van der Waals surface area (Å²) in [5, 5.41) is 0. The van der Waals surface area contributed by atoms with E-state index < -0.39 is 0 Å². The van der Waals surface area contributed by atoms with Crippen LogP contribution in [0.2, 0.25) is 0 Å². The predicted molar refractivity (Wildman–Crippen MR) is 272 cm³/mol. The summed E-state index contributed by atoms with van der Waals surface area (Å²) in [7, 11) is 0. The number of hydrogen-bond acceptors (Lipinski definition) is 3. The van der Waals surface area contributed by atoms with Gasteiger partial charge in [0.05, 0.1) is 0 Å². The average molecular weight is 1030 g/mol. The van der Waals surface area contributed by atoms with Gasteiger partial charge in [0.1, 0.15) is 0 Å². The van der Waals surface area contributed by atoms with Crippen LogP contribution in [-0.4, -0.2) is 33.6 Å². The average Bonchev–Trinajstić information content (AvgIpc) is 3.06. The Bertz CT molecular complexity index is 800. The van der Waals surface area contributed by atoms with Gasteiger partial charge < -0.3 is 14.2 Å². The number of ether oxygens (including phenoxy) is 3. The minimum absolute atomic E-state index is 0.156. The first-order valence-electron chi connectivity index (χ1n) is 25.1. The third-order valence-corrected chi connectivity index (χ3v) is 13.6. The van der Waals surface area contributed by atoms with Crippen LogP contribution in [0, 0.1) is 59.2 Å². The summed E-state index contributed by atoms with van der Waals surface area (Å²) in [6.07, 6.45) is 27.2. The lowest BCUT2D eigenvalue weighted by molar-refractivity contribution is -0.250. The molecule has 57 heavy (non-hydrogen) atoms. The zero-order valence-corrected chi connectivity index (χ0v) is 45.3. The lowest BCUT2D eigenvalue weighted by Gasteiger charge is -2.27. The summed E-state index contributed by atoms with van der Waals surface area (Å²) in [6.45, 7) is 35.7. The third kappa shape index (κ3) is 36.5. The van der Waals surface area contributed by atoms with E-state index in [1.165, 1.54) is 103 Å². The van der Waals surface area contributed by atoms with Gasteiger partial charge in [-0.25, -0.2) is 0 Å². The van der Waals surface area contributed by atoms with Crippen LogP contribution in [0.25, 0.3) is 0 Å². The lowest BCUT2D eigenvalue weighted by Crippen LogP contribution is -2.28. The Balaban J connectivity index is 5.01. The monoisotopic (exact) mass is 1030 g/mol. The molecule has 0 amide bonds. The summed E-state index contributed by atoms with van der Waals surface area (Å²) < 4.78 is 21.3. The first-order valence-corrected chi connectivity index (χ1v) is 27.6. The molecule has 0 aliphatic carbocycles. The second-order valence-electron chi connectivity index (χ2n) is 21.0. The van der Waals surface area contributed by atoms with Crippen molar-refractivity contribution in [1.29, 1.82) is 0 Å². The molecule has 0 fully saturated rings. The van der Waals surface area contributed by atoms with Gasteiger partial charge in [-0.05, 0) is 162 Å². The molecule has 3 nitrogen and oxygen atoms in total. The fourth-order valence-corrected chi connectivity index (χ4v) is 12.3. The van der Waals surface area contributed by atoms with E-state index in [1.807, 2.05) is 0 Å². The molecule has 0 aromatic heterocycles. The van der Waals surface area contributed by atoms with Crippen molar-refractivity contribution >= 4 is 45.2 Å². The Hall–Kier alpha value is 1.34. The van der Waals surface area contributed by atoms with Crippen molar-refractivity contribution in [3.63, 3.8) is 0 Å². The highest BCUT2D eigenvalue weighted by Crippen LogP contribution is 2.32. The van der Waals surface area contributed by atoms with E-state index in [2.05, 4.69) is 142 Å². The standard InChI is InChI=1S/C52H104I2O3/c1-15-17-19-27-55-51(25-21-23-39(3)29-41(5)31-43(7)33-45(9)35-47(11)37-49(13)53)57-52(56-28-20-18-16-2)26-22-24-40(4)30-42(6)32-44(8)34-46(10)36-48(12)38-50(14)54/h39-52H,15-38H2,1-14H3. The summed E-state index contributed by atoms with van der Waals surface area (Å²) in [5.41, 5.74) is 0. The van der Waals surface area contributed by atoms with Gasteiger partial charge in [0.25, 0.3) is 0 Å². The smallest absolute Gasteiger partial charge is 0.160 e. The zero-order valence-electron chi connectivity index (χ0n) is 41.0. The van der Waals surface area contributed by atoms with Gasteiger partial charge in [0, 0.05) is 21.1 Å². The van der Waals surface area contributed by atoms with Gasteiger partial charge in [-0.1, -0.05) is 181 Å². The van der Waals surface area contributed by atoms with Crippen molar-refractivity contribution in [3.05, 3.63) is 0 Å². The van der Waals surface area contributed by atoms with Gasteiger partial charge in [-0.2, -0.15) is 0 Å². The number of hydrogen-bond donors (Lipinski definition) is 0. The van der Waals surface area contributed by atoms with Crippen molar-refractivity contribution in [2.24, 2.45) is 59.2 Å². The van der Waals surface area contributed by atoms with Crippen molar-refractivity contribution in [2.45, 2.75) is 259 Å². The number of rotatable bonds is 40. The van der Waals surface area contributed by atoms with Crippen molar-refractivity contribution < 1.29 is 14.2 Å². The SMILES string of the molecule is CCCCCOC(CCCC(C)CC(C)CC(C)CC(C)CC(C)CC(C)I)OC(CCCC(C)CC(C)CC(C)CC(C)CC(C)CC(C)I)OCCCCC. The molecule has 0 aliphatic heterocycles. The molecule has 14 atom stereocenters. The molecule has 0 radical (unpaired) electrons. The van der Waals surface area contributed by atoms with E-state index in [0.717, 1.165) is 119 Å². The Labute approximate surface area is 387 Å². The second-order valence-corrected chi connectivity index (χ2v) is 25.2. The van der Waals surface area contributed by atoms with Crippen LogP contribution in [0.15, 0.2) is 0 Å². The summed E-state index contributed by atoms with van der Waals surface area (Å²) >= 11 is 5.17. The van der Waals surface area contributed by atoms with Crippen LogP contribution < -0.4 is 0 Å². The maximum absolute atomic E-state index is 6.77. The van der Waals surface area contributed by atoms with E-state index in [9.17, 15) is 0 Å². The van der Waals surface area contributed by atoms with Crippen molar-refractivity contribution in [2.75, 3.05) is 13.2 Å². The topological polar surface area (TPSA) is 27.7 Å². The van der Waals surface area contributed by atoms with Gasteiger partial charge in [0.2, 0.25) is 0 Å². The molecule has 0 aromatic rings. The maximum atomic E-state index is 6.77. The Morgan fingerprint density at radius 3 is 0.842 bits per heavy atom. The summed E-state index contributed by atoms with van der Waals surface area (Å²) in [5.74, 6) is 8.05. The van der Waals surface area contributed by atoms with Crippen LogP contribution in [0.1, 0.15) is 238 Å². The molecular weight excluding hydrogens is 926 g/mol. The van der Waals surface area contributed by atoms with E-state index in [-0.39, 0.29) is 12.6 Å². The van der Waals surface area contributed by atoms with E-state index in [0.29, 0.717) is 0 Å². The largest absolute Gasteiger partial charge is 0.353 e. The third-order valence-electron chi connectivity index (χ3n) is 12.6. The highest BCUT2D eigenvalue weighted by molar-refractivity contribution is 14.1. The molecule has 0 aromatic carbocycles. The van der Waals surface area contributed by atoms with Gasteiger partial charge in [0.15, 0.2) is 12.6 Å². The van der Waals surface area contributed by atoms with Gasteiger partial charge >= 0.3 is 0 Å². The molecule has 0 saturated heterocycles. The first-order chi connectivity index (χ1) is 26.9. The number of unbranched alkanes of at least 4 members (excludes halogenated alkanes) is 4. The van der Waals surface area contributed by atoms with E-state index in [1.54, 1.807) is 0 Å². The van der Waals surface area contributed by atoms with Crippen LogP contribution in [0.3, 0.4) is 0 Å². The highest BCUT2D eigenvalue weighted by Gasteiger charge is 2.22. The molecule has 0 heterocycles. The molecule has 0 N–H and O–H groups in total. The highest BCUT2D eigenvalue weighted by atomic mass is 127. The second kappa shape index (κ2) is 36.8. The Kier molecular flexibility index (Phi) is 37.7. The molecule has 0 spiro atoms. The number of alkyl halides is 2. The van der Waals surface area contributed by atoms with Crippen LogP contribution in [0.5, 0.6) is 0 Å². The Morgan fingerprint density at radius 2 is 0.579 bits per heavy atom. The quantitative estimate of drug-likeness (QED) is 0.0265. The molecule has 344 valence electrons.